The van der Waals surface area contributed by atoms with Crippen molar-refractivity contribution < 1.29 is 14.6 Å². The fourth-order valence-electron chi connectivity index (χ4n) is 2.78. The van der Waals surface area contributed by atoms with Crippen molar-refractivity contribution in [1.29, 1.82) is 0 Å². The van der Waals surface area contributed by atoms with Crippen LogP contribution in [0.1, 0.15) is 26.7 Å². The molecule has 2 aliphatic rings. The summed E-state index contributed by atoms with van der Waals surface area (Å²) >= 11 is 0. The molecule has 5 nitrogen and oxygen atoms in total. The molecule has 3 atom stereocenters. The molecule has 5 heteroatoms. The van der Waals surface area contributed by atoms with Crippen molar-refractivity contribution in [3.8, 4) is 0 Å². The van der Waals surface area contributed by atoms with Gasteiger partial charge >= 0.3 is 0 Å². The van der Waals surface area contributed by atoms with Crippen molar-refractivity contribution in [1.82, 2.24) is 10.2 Å². The molecule has 0 radical (unpaired) electrons. The van der Waals surface area contributed by atoms with E-state index in [2.05, 4.69) is 10.2 Å². The molecule has 2 rings (SSSR count). The number of fused-ring (bicyclic) bond motifs is 1. The molecule has 0 aromatic rings. The molecule has 2 heterocycles. The summed E-state index contributed by atoms with van der Waals surface area (Å²) in [5, 5.41) is 13.0. The Kier molecular flexibility index (Phi) is 6.04. The van der Waals surface area contributed by atoms with E-state index in [4.69, 9.17) is 9.47 Å². The number of hydrogen-bond donors (Lipinski definition) is 2. The first kappa shape index (κ1) is 15.2. The Morgan fingerprint density at radius 3 is 3.11 bits per heavy atom. The van der Waals surface area contributed by atoms with Gasteiger partial charge in [-0.2, -0.15) is 0 Å². The average Bonchev–Trinajstić information content (AvgIpc) is 2.83. The molecular weight excluding hydrogens is 244 g/mol. The number of nitrogens with zero attached hydrogens (tertiary/aromatic N) is 1. The van der Waals surface area contributed by atoms with E-state index in [1.54, 1.807) is 0 Å². The van der Waals surface area contributed by atoms with Crippen LogP contribution in [0.15, 0.2) is 0 Å². The van der Waals surface area contributed by atoms with Gasteiger partial charge in [-0.25, -0.2) is 0 Å². The van der Waals surface area contributed by atoms with Gasteiger partial charge in [-0.1, -0.05) is 0 Å². The maximum Gasteiger partial charge on any atom is 0.0897 e. The lowest BCUT2D eigenvalue weighted by atomic mass is 10.2. The third kappa shape index (κ3) is 5.00. The molecule has 0 aromatic carbocycles. The molecule has 0 aromatic heterocycles. The first-order valence-electron chi connectivity index (χ1n) is 7.51. The van der Waals surface area contributed by atoms with E-state index in [0.717, 1.165) is 19.7 Å². The number of aliphatic hydroxyl groups excluding tert-OH is 1. The molecule has 0 amide bonds. The molecule has 19 heavy (non-hydrogen) atoms. The second kappa shape index (κ2) is 7.55. The summed E-state index contributed by atoms with van der Waals surface area (Å²) in [6.07, 6.45) is 2.58. The Labute approximate surface area is 116 Å². The molecule has 2 fully saturated rings. The number of aliphatic hydroxyl groups is 1. The van der Waals surface area contributed by atoms with Gasteiger partial charge in [0.2, 0.25) is 0 Å². The third-order valence-electron chi connectivity index (χ3n) is 3.84. The largest absolute Gasteiger partial charge is 0.389 e. The zero-order valence-corrected chi connectivity index (χ0v) is 12.2. The Hall–Kier alpha value is -0.200. The number of morpholine rings is 1. The van der Waals surface area contributed by atoms with Gasteiger partial charge in [-0.15, -0.1) is 0 Å². The van der Waals surface area contributed by atoms with Gasteiger partial charge in [0.25, 0.3) is 0 Å². The van der Waals surface area contributed by atoms with Crippen molar-refractivity contribution in [2.24, 2.45) is 0 Å². The first-order chi connectivity index (χ1) is 9.15. The Morgan fingerprint density at radius 2 is 2.32 bits per heavy atom. The van der Waals surface area contributed by atoms with Crippen LogP contribution in [-0.2, 0) is 9.47 Å². The highest BCUT2D eigenvalue weighted by atomic mass is 16.5. The maximum atomic E-state index is 9.74. The molecule has 3 unspecified atom stereocenters. The summed E-state index contributed by atoms with van der Waals surface area (Å²) in [6.45, 7) is 8.82. The molecule has 0 spiro atoms. The lowest BCUT2D eigenvalue weighted by Crippen LogP contribution is -2.50. The maximum absolute atomic E-state index is 9.74. The molecule has 112 valence electrons. The number of hydrogen-bond acceptors (Lipinski definition) is 5. The second-order valence-corrected chi connectivity index (χ2v) is 5.94. The number of rotatable bonds is 7. The molecule has 0 saturated carbocycles. The van der Waals surface area contributed by atoms with Crippen LogP contribution in [0, 0.1) is 0 Å². The summed E-state index contributed by atoms with van der Waals surface area (Å²) in [7, 11) is 0. The Bertz CT molecular complexity index is 263. The molecule has 2 N–H and O–H groups in total. The molecular formula is C14H28N2O3. The summed E-state index contributed by atoms with van der Waals surface area (Å²) in [6, 6.07) is 0.654. The van der Waals surface area contributed by atoms with Crippen LogP contribution >= 0.6 is 0 Å². The van der Waals surface area contributed by atoms with Crippen LogP contribution in [0.3, 0.4) is 0 Å². The van der Waals surface area contributed by atoms with Gasteiger partial charge in [0, 0.05) is 25.7 Å². The zero-order valence-electron chi connectivity index (χ0n) is 12.2. The highest BCUT2D eigenvalue weighted by Crippen LogP contribution is 2.22. The van der Waals surface area contributed by atoms with Gasteiger partial charge in [-0.05, 0) is 33.2 Å². The molecule has 0 aliphatic carbocycles. The quantitative estimate of drug-likeness (QED) is 0.695. The van der Waals surface area contributed by atoms with Gasteiger partial charge in [0.1, 0.15) is 0 Å². The summed E-state index contributed by atoms with van der Waals surface area (Å²) in [5.74, 6) is 0. The lowest BCUT2D eigenvalue weighted by Gasteiger charge is -2.35. The minimum Gasteiger partial charge on any atom is -0.389 e. The first-order valence-corrected chi connectivity index (χ1v) is 7.51. The van der Waals surface area contributed by atoms with E-state index in [1.807, 2.05) is 13.8 Å². The minimum atomic E-state index is -0.439. The van der Waals surface area contributed by atoms with Gasteiger partial charge in [0.15, 0.2) is 0 Å². The normalized spacial score (nSPS) is 29.7. The fourth-order valence-corrected chi connectivity index (χ4v) is 2.78. The third-order valence-corrected chi connectivity index (χ3v) is 3.84. The van der Waals surface area contributed by atoms with E-state index in [-0.39, 0.29) is 12.2 Å². The minimum absolute atomic E-state index is 0.170. The summed E-state index contributed by atoms with van der Waals surface area (Å²) in [4.78, 5) is 2.54. The lowest BCUT2D eigenvalue weighted by molar-refractivity contribution is -0.0489. The molecule has 2 aliphatic heterocycles. The number of ether oxygens (including phenoxy) is 2. The topological polar surface area (TPSA) is 54.0 Å². The van der Waals surface area contributed by atoms with Crippen LogP contribution in [-0.4, -0.2) is 73.8 Å². The van der Waals surface area contributed by atoms with Crippen LogP contribution in [0.2, 0.25) is 0 Å². The van der Waals surface area contributed by atoms with Crippen molar-refractivity contribution >= 4 is 0 Å². The van der Waals surface area contributed by atoms with Crippen LogP contribution in [0.25, 0.3) is 0 Å². The summed E-state index contributed by atoms with van der Waals surface area (Å²) in [5.41, 5.74) is 0. The Morgan fingerprint density at radius 1 is 1.47 bits per heavy atom. The fraction of sp³-hybridized carbons (Fsp3) is 1.00. The van der Waals surface area contributed by atoms with Crippen LogP contribution in [0.5, 0.6) is 0 Å². The van der Waals surface area contributed by atoms with E-state index in [0.29, 0.717) is 19.2 Å². The van der Waals surface area contributed by atoms with E-state index in [1.165, 1.54) is 19.4 Å². The van der Waals surface area contributed by atoms with Crippen molar-refractivity contribution in [3.05, 3.63) is 0 Å². The highest BCUT2D eigenvalue weighted by molar-refractivity contribution is 4.85. The second-order valence-electron chi connectivity index (χ2n) is 5.94. The smallest absolute Gasteiger partial charge is 0.0897 e. The zero-order chi connectivity index (χ0) is 13.7. The van der Waals surface area contributed by atoms with E-state index < -0.39 is 6.10 Å². The monoisotopic (exact) mass is 272 g/mol. The molecule has 2 saturated heterocycles. The predicted molar refractivity (Wildman–Crippen MR) is 74.3 cm³/mol. The van der Waals surface area contributed by atoms with Crippen molar-refractivity contribution in [2.45, 2.75) is 51.0 Å². The molecule has 0 bridgehead atoms. The van der Waals surface area contributed by atoms with Gasteiger partial charge in [0.05, 0.1) is 31.5 Å². The van der Waals surface area contributed by atoms with E-state index in [9.17, 15) is 5.11 Å². The SMILES string of the molecule is CC(C)OCC(O)CNCC1CN2CCCC2CO1. The Balaban J connectivity index is 1.55. The number of nitrogens with one attached hydrogen (secondary N) is 1. The van der Waals surface area contributed by atoms with Gasteiger partial charge in [-0.3, -0.25) is 4.90 Å². The van der Waals surface area contributed by atoms with E-state index >= 15 is 0 Å². The summed E-state index contributed by atoms with van der Waals surface area (Å²) < 4.78 is 11.2. The predicted octanol–water partition coefficient (Wildman–Crippen LogP) is 0.225. The van der Waals surface area contributed by atoms with Crippen LogP contribution in [0.4, 0.5) is 0 Å². The van der Waals surface area contributed by atoms with Crippen LogP contribution < -0.4 is 5.32 Å². The van der Waals surface area contributed by atoms with Gasteiger partial charge < -0.3 is 19.9 Å². The van der Waals surface area contributed by atoms with Crippen molar-refractivity contribution in [2.75, 3.05) is 39.4 Å². The highest BCUT2D eigenvalue weighted by Gasteiger charge is 2.31. The van der Waals surface area contributed by atoms with Crippen molar-refractivity contribution in [3.63, 3.8) is 0 Å². The average molecular weight is 272 g/mol. The standard InChI is InChI=1S/C14H28N2O3/c1-11(2)18-10-13(17)6-15-7-14-8-16-5-3-4-12(16)9-19-14/h11-15,17H,3-10H2,1-2H3.